The first kappa shape index (κ1) is 32.9. The van der Waals surface area contributed by atoms with Crippen molar-refractivity contribution in [3.05, 3.63) is 82.9 Å². The predicted molar refractivity (Wildman–Crippen MR) is 175 cm³/mol. The average Bonchev–Trinajstić information content (AvgIpc) is 3.67. The molecule has 12 heteroatoms. The monoisotopic (exact) mass is 707 g/mol. The molecule has 3 amide bonds. The maximum Gasteiger partial charge on any atom is 0.313 e. The number of ether oxygens (including phenoxy) is 3. The Labute approximate surface area is 281 Å². The third-order valence-electron chi connectivity index (χ3n) is 9.72. The van der Waals surface area contributed by atoms with Gasteiger partial charge in [0, 0.05) is 36.7 Å². The number of fused-ring (bicyclic) bond motifs is 2. The molecule has 4 heterocycles. The van der Waals surface area contributed by atoms with Crippen molar-refractivity contribution in [1.29, 1.82) is 0 Å². The zero-order chi connectivity index (χ0) is 33.5. The number of β-amino-alcohol motifs (C(OH)–C–C–N with tert-alkyl or cyclic N) is 1. The fourth-order valence-electron chi connectivity index (χ4n) is 7.25. The molecule has 0 unspecified atom stereocenters. The van der Waals surface area contributed by atoms with E-state index in [9.17, 15) is 24.3 Å². The molecule has 0 radical (unpaired) electrons. The molecule has 4 aliphatic heterocycles. The van der Waals surface area contributed by atoms with Crippen molar-refractivity contribution in [2.24, 2.45) is 11.8 Å². The number of allylic oxidation sites excluding steroid dienone is 1. The van der Waals surface area contributed by atoms with Gasteiger partial charge in [-0.05, 0) is 49.2 Å². The van der Waals surface area contributed by atoms with Gasteiger partial charge in [0.2, 0.25) is 11.8 Å². The molecule has 248 valence electrons. The molecule has 7 atom stereocenters. The Morgan fingerprint density at radius 1 is 1.00 bits per heavy atom. The van der Waals surface area contributed by atoms with Crippen molar-refractivity contribution in [2.45, 2.75) is 49.7 Å². The number of methoxy groups -OCH3 is 1. The summed E-state index contributed by atoms with van der Waals surface area (Å²) < 4.78 is 18.7. The van der Waals surface area contributed by atoms with Crippen LogP contribution in [0, 0.1) is 11.8 Å². The normalized spacial score (nSPS) is 31.9. The maximum atomic E-state index is 14.8. The van der Waals surface area contributed by atoms with Crippen LogP contribution in [0.4, 0.5) is 5.69 Å². The first-order valence-corrected chi connectivity index (χ1v) is 16.5. The van der Waals surface area contributed by atoms with Crippen molar-refractivity contribution >= 4 is 45.3 Å². The summed E-state index contributed by atoms with van der Waals surface area (Å²) in [5.41, 5.74) is -0.238. The third kappa shape index (κ3) is 5.66. The van der Waals surface area contributed by atoms with Gasteiger partial charge < -0.3 is 34.0 Å². The molecule has 5 bridgehead atoms. The summed E-state index contributed by atoms with van der Waals surface area (Å²) in [6.07, 6.45) is 4.33. The van der Waals surface area contributed by atoms with Crippen LogP contribution in [-0.4, -0.2) is 96.2 Å². The van der Waals surface area contributed by atoms with E-state index in [1.54, 1.807) is 54.3 Å². The Bertz CT molecular complexity index is 1600. The van der Waals surface area contributed by atoms with Gasteiger partial charge in [-0.3, -0.25) is 19.2 Å². The summed E-state index contributed by atoms with van der Waals surface area (Å²) >= 11 is 3.57. The number of nitrogens with zero attached hydrogens (tertiary/aromatic N) is 3. The number of anilines is 1. The molecule has 0 aliphatic carbocycles. The highest BCUT2D eigenvalue weighted by Gasteiger charge is 2.75. The van der Waals surface area contributed by atoms with Crippen molar-refractivity contribution in [3.8, 4) is 5.75 Å². The summed E-state index contributed by atoms with van der Waals surface area (Å²) in [7, 11) is 3.24. The molecule has 4 aliphatic rings. The first-order valence-electron chi connectivity index (χ1n) is 15.7. The minimum Gasteiger partial charge on any atom is -0.497 e. The number of likely N-dealkylation sites (tertiary alicyclic amines) is 1. The number of aliphatic hydroxyl groups excluding tert-OH is 1. The standard InChI is InChI=1S/C35H38BrN3O8/c1-21-29(22-10-6-4-7-11-22)46-34(44)27-28-32(42)39(18-19-40)31(35(28)20-25(36)30(27)47-35)33(43)38(23-13-15-24(45-3)16-14-23)17-9-5-8-12-26(41)37(21)2/h4-7,9-11,13-16,20-21,27-31,40H,8,12,17-19H2,1-3H3/b9-5-/t21-,27+,28-,29+,30+,31+,35-/m1/s1. The Kier molecular flexibility index (Phi) is 9.28. The average molecular weight is 709 g/mol. The van der Waals surface area contributed by atoms with Crippen LogP contribution in [0.5, 0.6) is 5.75 Å². The summed E-state index contributed by atoms with van der Waals surface area (Å²) in [6, 6.07) is 14.4. The van der Waals surface area contributed by atoms with E-state index < -0.39 is 66.1 Å². The van der Waals surface area contributed by atoms with Crippen molar-refractivity contribution < 1.29 is 38.5 Å². The molecule has 2 aromatic carbocycles. The van der Waals surface area contributed by atoms with Crippen LogP contribution < -0.4 is 9.64 Å². The van der Waals surface area contributed by atoms with Crippen LogP contribution in [0.2, 0.25) is 0 Å². The predicted octanol–water partition coefficient (Wildman–Crippen LogP) is 3.38. The van der Waals surface area contributed by atoms with E-state index in [4.69, 9.17) is 14.2 Å². The van der Waals surface area contributed by atoms with Crippen molar-refractivity contribution in [3.63, 3.8) is 0 Å². The van der Waals surface area contributed by atoms with Crippen molar-refractivity contribution in [2.75, 3.05) is 38.8 Å². The lowest BCUT2D eigenvalue weighted by atomic mass is 9.74. The number of carbonyl (C=O) groups is 4. The Morgan fingerprint density at radius 3 is 2.40 bits per heavy atom. The number of halogens is 1. The molecule has 6 rings (SSSR count). The second-order valence-electron chi connectivity index (χ2n) is 12.3. The van der Waals surface area contributed by atoms with Crippen molar-refractivity contribution in [1.82, 2.24) is 9.80 Å². The van der Waals surface area contributed by atoms with Gasteiger partial charge in [0.15, 0.2) is 0 Å². The number of rotatable bonds is 5. The van der Waals surface area contributed by atoms with Gasteiger partial charge in [-0.25, -0.2) is 0 Å². The van der Waals surface area contributed by atoms with E-state index in [1.165, 1.54) is 4.90 Å². The molecule has 0 saturated carbocycles. The van der Waals surface area contributed by atoms with Crippen LogP contribution in [0.3, 0.4) is 0 Å². The minimum absolute atomic E-state index is 0.127. The van der Waals surface area contributed by atoms with Gasteiger partial charge in [-0.2, -0.15) is 0 Å². The topological polar surface area (TPSA) is 126 Å². The van der Waals surface area contributed by atoms with E-state index in [0.29, 0.717) is 27.9 Å². The van der Waals surface area contributed by atoms with Gasteiger partial charge in [0.1, 0.15) is 35.5 Å². The zero-order valence-electron chi connectivity index (χ0n) is 26.5. The number of hydrogen-bond donors (Lipinski definition) is 1. The SMILES string of the molecule is COc1ccc(N2C/C=C\CCC(=O)N(C)[C@H](C)[C@@H](c3ccccc3)OC(=O)[C@@H]3[C@H]4O[C@@]5(C=C4Br)[C@H](C2=O)N(CCO)C(=O)[C@@H]35)cc1. The molecule has 2 aromatic rings. The van der Waals surface area contributed by atoms with Crippen LogP contribution in [0.25, 0.3) is 0 Å². The summed E-state index contributed by atoms with van der Waals surface area (Å²) in [5, 5.41) is 10.0. The molecule has 1 N–H and O–H groups in total. The van der Waals surface area contributed by atoms with E-state index in [-0.39, 0.29) is 25.4 Å². The van der Waals surface area contributed by atoms with E-state index >= 15 is 0 Å². The molecule has 1 spiro atoms. The Hall–Kier alpha value is -4.00. The largest absolute Gasteiger partial charge is 0.497 e. The minimum atomic E-state index is -1.49. The van der Waals surface area contributed by atoms with Gasteiger partial charge in [-0.15, -0.1) is 0 Å². The number of carbonyl (C=O) groups excluding carboxylic acids is 4. The second-order valence-corrected chi connectivity index (χ2v) is 13.2. The smallest absolute Gasteiger partial charge is 0.313 e. The maximum absolute atomic E-state index is 14.8. The van der Waals surface area contributed by atoms with E-state index in [0.717, 1.165) is 0 Å². The number of benzene rings is 2. The second kappa shape index (κ2) is 13.2. The summed E-state index contributed by atoms with van der Waals surface area (Å²) in [4.78, 5) is 61.1. The Morgan fingerprint density at radius 2 is 1.72 bits per heavy atom. The van der Waals surface area contributed by atoms with E-state index in [2.05, 4.69) is 15.9 Å². The quantitative estimate of drug-likeness (QED) is 0.371. The Balaban J connectivity index is 1.47. The van der Waals surface area contributed by atoms with Crippen LogP contribution in [0.1, 0.15) is 31.4 Å². The van der Waals surface area contributed by atoms with Gasteiger partial charge in [0.25, 0.3) is 5.91 Å². The third-order valence-corrected chi connectivity index (χ3v) is 10.4. The molecule has 0 aromatic heterocycles. The lowest BCUT2D eigenvalue weighted by Crippen LogP contribution is -2.56. The highest BCUT2D eigenvalue weighted by Crippen LogP contribution is 2.59. The number of hydrogen-bond acceptors (Lipinski definition) is 8. The van der Waals surface area contributed by atoms with Gasteiger partial charge in [0.05, 0.1) is 25.7 Å². The molecule has 2 fully saturated rings. The first-order chi connectivity index (χ1) is 22.6. The zero-order valence-corrected chi connectivity index (χ0v) is 28.0. The molecule has 47 heavy (non-hydrogen) atoms. The molecule has 2 saturated heterocycles. The highest BCUT2D eigenvalue weighted by molar-refractivity contribution is 9.11. The number of esters is 1. The fraction of sp³-hybridized carbons (Fsp3) is 0.429. The summed E-state index contributed by atoms with van der Waals surface area (Å²) in [6.45, 7) is 1.45. The molecule has 11 nitrogen and oxygen atoms in total. The molecular weight excluding hydrogens is 670 g/mol. The fourth-order valence-corrected chi connectivity index (χ4v) is 7.98. The van der Waals surface area contributed by atoms with Gasteiger partial charge >= 0.3 is 5.97 Å². The summed E-state index contributed by atoms with van der Waals surface area (Å²) in [5.74, 6) is -3.25. The lowest BCUT2D eigenvalue weighted by Gasteiger charge is -2.35. The van der Waals surface area contributed by atoms with Crippen LogP contribution in [-0.2, 0) is 28.7 Å². The van der Waals surface area contributed by atoms with Crippen LogP contribution >= 0.6 is 15.9 Å². The van der Waals surface area contributed by atoms with Crippen LogP contribution in [0.15, 0.2) is 77.3 Å². The molecular formula is C35H38BrN3O8. The van der Waals surface area contributed by atoms with E-state index in [1.807, 2.05) is 49.4 Å². The number of aliphatic hydroxyl groups is 1. The number of amides is 3. The lowest BCUT2D eigenvalue weighted by molar-refractivity contribution is -0.164. The number of likely N-dealkylation sites (N-methyl/N-ethyl adjacent to an activating group) is 1. The van der Waals surface area contributed by atoms with Gasteiger partial charge in [-0.1, -0.05) is 58.4 Å². The number of cyclic esters (lactones) is 1. The highest BCUT2D eigenvalue weighted by atomic mass is 79.9.